The van der Waals surface area contributed by atoms with Gasteiger partial charge < -0.3 is 15.4 Å². The molecule has 0 aliphatic carbocycles. The summed E-state index contributed by atoms with van der Waals surface area (Å²) in [7, 11) is 3.02. The van der Waals surface area contributed by atoms with E-state index in [1.54, 1.807) is 20.9 Å². The summed E-state index contributed by atoms with van der Waals surface area (Å²) in [5, 5.41) is 8.83. The molecule has 86 valence electrons. The molecule has 0 bridgehead atoms. The molecule has 0 unspecified atom stereocenters. The van der Waals surface area contributed by atoms with Gasteiger partial charge in [-0.05, 0) is 13.8 Å². The molecule has 0 aliphatic heterocycles. The lowest BCUT2D eigenvalue weighted by atomic mass is 9.94. The maximum Gasteiger partial charge on any atom is 0.313 e. The molecule has 6 nitrogen and oxygen atoms in total. The molecule has 0 atom stereocenters. The fraction of sp³-hybridized carbons (Fsp3) is 0.667. The molecular weight excluding hydrogens is 196 g/mol. The average Bonchev–Trinajstić information content (AvgIpc) is 2.23. The van der Waals surface area contributed by atoms with Crippen molar-refractivity contribution in [3.63, 3.8) is 0 Å². The van der Waals surface area contributed by atoms with Crippen LogP contribution < -0.4 is 10.6 Å². The van der Waals surface area contributed by atoms with Gasteiger partial charge in [-0.3, -0.25) is 4.79 Å². The van der Waals surface area contributed by atoms with E-state index < -0.39 is 5.41 Å². The summed E-state index contributed by atoms with van der Waals surface area (Å²) < 4.78 is 4.65. The highest BCUT2D eigenvalue weighted by molar-refractivity contribution is 5.76. The molecule has 0 rings (SSSR count). The van der Waals surface area contributed by atoms with Crippen LogP contribution in [0.3, 0.4) is 0 Å². The highest BCUT2D eigenvalue weighted by Gasteiger charge is 2.27. The highest BCUT2D eigenvalue weighted by atomic mass is 16.5. The maximum absolute atomic E-state index is 11.3. The number of ether oxygens (including phenoxy) is 1. The van der Waals surface area contributed by atoms with Gasteiger partial charge >= 0.3 is 5.97 Å². The van der Waals surface area contributed by atoms with E-state index in [9.17, 15) is 4.79 Å². The minimum atomic E-state index is -0.605. The molecule has 0 radical (unpaired) electrons. The molecule has 3 N–H and O–H groups in total. The van der Waals surface area contributed by atoms with E-state index in [-0.39, 0.29) is 5.97 Å². The van der Waals surface area contributed by atoms with E-state index in [1.165, 1.54) is 13.3 Å². The summed E-state index contributed by atoms with van der Waals surface area (Å²) in [6, 6.07) is 0. The van der Waals surface area contributed by atoms with E-state index in [0.717, 1.165) is 0 Å². The Morgan fingerprint density at radius 2 is 2.20 bits per heavy atom. The van der Waals surface area contributed by atoms with Crippen molar-refractivity contribution in [2.75, 3.05) is 20.7 Å². The van der Waals surface area contributed by atoms with Gasteiger partial charge in [0.1, 0.15) is 0 Å². The number of nitrogens with zero attached hydrogens (tertiary/aromatic N) is 1. The van der Waals surface area contributed by atoms with Gasteiger partial charge in [0.2, 0.25) is 0 Å². The first kappa shape index (κ1) is 13.4. The SMILES string of the molecule is CN/C(=C/NCC(C)(C)C(=O)OC)N=N. The first-order valence-electron chi connectivity index (χ1n) is 4.55. The second-order valence-electron chi connectivity index (χ2n) is 3.65. The van der Waals surface area contributed by atoms with Crippen LogP contribution >= 0.6 is 0 Å². The van der Waals surface area contributed by atoms with E-state index >= 15 is 0 Å². The number of carbonyl (C=O) groups excluding carboxylic acids is 1. The van der Waals surface area contributed by atoms with Crippen LogP contribution in [0.1, 0.15) is 13.8 Å². The molecule has 0 amide bonds. The Labute approximate surface area is 89.6 Å². The lowest BCUT2D eigenvalue weighted by Crippen LogP contribution is -2.35. The molecule has 0 aliphatic rings. The summed E-state index contributed by atoms with van der Waals surface area (Å²) in [5.41, 5.74) is 6.17. The van der Waals surface area contributed by atoms with Crippen LogP contribution in [0.25, 0.3) is 0 Å². The minimum Gasteiger partial charge on any atom is -0.469 e. The Hall–Kier alpha value is -1.59. The van der Waals surface area contributed by atoms with Crippen molar-refractivity contribution in [3.05, 3.63) is 12.0 Å². The normalized spacial score (nSPS) is 11.9. The molecule has 0 heterocycles. The van der Waals surface area contributed by atoms with Crippen molar-refractivity contribution in [2.45, 2.75) is 13.8 Å². The summed E-state index contributed by atoms with van der Waals surface area (Å²) in [4.78, 5) is 11.3. The first-order chi connectivity index (χ1) is 6.97. The maximum atomic E-state index is 11.3. The van der Waals surface area contributed by atoms with Crippen LogP contribution in [0.2, 0.25) is 0 Å². The number of methoxy groups -OCH3 is 1. The molecule has 0 aromatic rings. The number of carbonyl (C=O) groups is 1. The zero-order chi connectivity index (χ0) is 11.9. The topological polar surface area (TPSA) is 86.6 Å². The zero-order valence-electron chi connectivity index (χ0n) is 9.55. The molecule has 0 saturated heterocycles. The third-order valence-corrected chi connectivity index (χ3v) is 1.90. The van der Waals surface area contributed by atoms with E-state index in [1.807, 2.05) is 0 Å². The summed E-state index contributed by atoms with van der Waals surface area (Å²) in [5.74, 6) is 0.118. The lowest BCUT2D eigenvalue weighted by Gasteiger charge is -2.21. The van der Waals surface area contributed by atoms with Gasteiger partial charge in [0, 0.05) is 19.8 Å². The predicted molar refractivity (Wildman–Crippen MR) is 56.1 cm³/mol. The quantitative estimate of drug-likeness (QED) is 0.451. The standard InChI is InChI=1S/C9H18N4O2/c1-9(2,8(14)15-4)6-12-5-7(11-3)13-10/h5,10-12H,6H2,1-4H3/b7-5-,13-10?. The van der Waals surface area contributed by atoms with Crippen molar-refractivity contribution >= 4 is 5.97 Å². The molecule has 0 saturated carbocycles. The van der Waals surface area contributed by atoms with Crippen molar-refractivity contribution in [2.24, 2.45) is 10.5 Å². The van der Waals surface area contributed by atoms with Crippen LogP contribution in [0, 0.1) is 10.9 Å². The minimum absolute atomic E-state index is 0.280. The van der Waals surface area contributed by atoms with Gasteiger partial charge in [-0.1, -0.05) is 0 Å². The van der Waals surface area contributed by atoms with E-state index in [0.29, 0.717) is 12.4 Å². The number of hydrogen-bond donors (Lipinski definition) is 3. The predicted octanol–water partition coefficient (Wildman–Crippen LogP) is 0.824. The van der Waals surface area contributed by atoms with Crippen LogP contribution in [-0.2, 0) is 9.53 Å². The zero-order valence-corrected chi connectivity index (χ0v) is 9.55. The van der Waals surface area contributed by atoms with Crippen molar-refractivity contribution in [1.82, 2.24) is 10.6 Å². The molecule has 0 fully saturated rings. The second-order valence-corrected chi connectivity index (χ2v) is 3.65. The number of nitrogens with one attached hydrogen (secondary N) is 3. The Bertz CT molecular complexity index is 261. The Morgan fingerprint density at radius 1 is 1.60 bits per heavy atom. The molecule has 0 aromatic carbocycles. The van der Waals surface area contributed by atoms with Crippen molar-refractivity contribution in [3.8, 4) is 0 Å². The molecule has 15 heavy (non-hydrogen) atoms. The number of hydrogen-bond acceptors (Lipinski definition) is 6. The summed E-state index contributed by atoms with van der Waals surface area (Å²) in [6.07, 6.45) is 1.54. The smallest absolute Gasteiger partial charge is 0.313 e. The average molecular weight is 214 g/mol. The van der Waals surface area contributed by atoms with Gasteiger partial charge in [-0.2, -0.15) is 0 Å². The number of rotatable bonds is 6. The Kier molecular flexibility index (Phi) is 5.36. The second kappa shape index (κ2) is 6.00. The van der Waals surface area contributed by atoms with E-state index in [4.69, 9.17) is 5.53 Å². The number of esters is 1. The van der Waals surface area contributed by atoms with Crippen molar-refractivity contribution < 1.29 is 9.53 Å². The largest absolute Gasteiger partial charge is 0.469 e. The molecule has 0 spiro atoms. The molecular formula is C9H18N4O2. The third-order valence-electron chi connectivity index (χ3n) is 1.90. The first-order valence-corrected chi connectivity index (χ1v) is 4.55. The summed E-state index contributed by atoms with van der Waals surface area (Å²) >= 11 is 0. The van der Waals surface area contributed by atoms with Gasteiger partial charge in [0.05, 0.1) is 12.5 Å². The Balaban J connectivity index is 4.20. The van der Waals surface area contributed by atoms with Crippen LogP contribution in [0.5, 0.6) is 0 Å². The van der Waals surface area contributed by atoms with Crippen LogP contribution in [-0.4, -0.2) is 26.7 Å². The fourth-order valence-corrected chi connectivity index (χ4v) is 0.912. The third kappa shape index (κ3) is 4.44. The van der Waals surface area contributed by atoms with Gasteiger partial charge in [-0.15, -0.1) is 5.11 Å². The Morgan fingerprint density at radius 3 is 2.60 bits per heavy atom. The summed E-state index contributed by atoms with van der Waals surface area (Å²) in [6.45, 7) is 3.97. The fourth-order valence-electron chi connectivity index (χ4n) is 0.912. The van der Waals surface area contributed by atoms with Crippen molar-refractivity contribution in [1.29, 1.82) is 5.53 Å². The monoisotopic (exact) mass is 214 g/mol. The van der Waals surface area contributed by atoms with Gasteiger partial charge in [-0.25, -0.2) is 5.53 Å². The van der Waals surface area contributed by atoms with Crippen LogP contribution in [0.15, 0.2) is 17.1 Å². The lowest BCUT2D eigenvalue weighted by molar-refractivity contribution is -0.150. The molecule has 6 heteroatoms. The van der Waals surface area contributed by atoms with E-state index in [2.05, 4.69) is 20.5 Å². The van der Waals surface area contributed by atoms with Gasteiger partial charge in [0.25, 0.3) is 0 Å². The van der Waals surface area contributed by atoms with Crippen LogP contribution in [0.4, 0.5) is 0 Å². The van der Waals surface area contributed by atoms with Gasteiger partial charge in [0.15, 0.2) is 5.82 Å². The highest BCUT2D eigenvalue weighted by Crippen LogP contribution is 2.15. The molecule has 0 aromatic heterocycles.